The second-order valence-corrected chi connectivity index (χ2v) is 10.9. The predicted octanol–water partition coefficient (Wildman–Crippen LogP) is 5.07. The molecule has 0 aromatic rings. The van der Waals surface area contributed by atoms with Crippen molar-refractivity contribution in [2.75, 3.05) is 19.8 Å². The number of phosphoric acid groups is 1. The lowest BCUT2D eigenvalue weighted by Crippen LogP contribution is -2.46. The van der Waals surface area contributed by atoms with Gasteiger partial charge in [-0.1, -0.05) is 88.3 Å². The lowest BCUT2D eigenvalue weighted by Gasteiger charge is -2.24. The summed E-state index contributed by atoms with van der Waals surface area (Å²) >= 11 is 0. The highest BCUT2D eigenvalue weighted by Gasteiger charge is 2.27. The maximum absolute atomic E-state index is 12.5. The number of aliphatic hydroxyl groups excluding tert-OH is 2. The summed E-state index contributed by atoms with van der Waals surface area (Å²) in [6.45, 7) is 3.60. The van der Waals surface area contributed by atoms with E-state index >= 15 is 0 Å². The molecule has 4 unspecified atom stereocenters. The van der Waals surface area contributed by atoms with E-state index in [-0.39, 0.29) is 19.6 Å². The van der Waals surface area contributed by atoms with E-state index in [0.29, 0.717) is 12.8 Å². The van der Waals surface area contributed by atoms with Gasteiger partial charge in [-0.15, -0.1) is 0 Å². The fraction of sp³-hybridized carbons (Fsp3) is 0.750. The van der Waals surface area contributed by atoms with Crippen molar-refractivity contribution in [2.45, 2.75) is 116 Å². The minimum atomic E-state index is -4.38. The Hall–Kier alpha value is -1.32. The average Bonchev–Trinajstić information content (AvgIpc) is 2.88. The number of carbonyl (C=O) groups is 1. The lowest BCUT2D eigenvalue weighted by atomic mass is 10.0. The van der Waals surface area contributed by atoms with Crippen molar-refractivity contribution < 1.29 is 33.5 Å². The molecule has 0 aromatic carbocycles. The first-order valence-corrected chi connectivity index (χ1v) is 15.7. The van der Waals surface area contributed by atoms with Crippen LogP contribution in [-0.4, -0.2) is 59.0 Å². The first kappa shape index (κ1) is 36.7. The fourth-order valence-electron chi connectivity index (χ4n) is 3.68. The molecule has 0 saturated heterocycles. The van der Waals surface area contributed by atoms with Gasteiger partial charge < -0.3 is 26.2 Å². The molecule has 0 aromatic heterocycles. The zero-order chi connectivity index (χ0) is 28.5. The van der Waals surface area contributed by atoms with Gasteiger partial charge in [0.1, 0.15) is 0 Å². The van der Waals surface area contributed by atoms with Gasteiger partial charge in [0.25, 0.3) is 0 Å². The molecule has 222 valence electrons. The lowest BCUT2D eigenvalue weighted by molar-refractivity contribution is -0.124. The average molecular weight is 561 g/mol. The number of carbonyl (C=O) groups excluding carboxylic acids is 1. The van der Waals surface area contributed by atoms with E-state index in [1.54, 1.807) is 6.08 Å². The maximum Gasteiger partial charge on any atom is 0.472 e. The van der Waals surface area contributed by atoms with Crippen LogP contribution in [0.1, 0.15) is 97.3 Å². The summed E-state index contributed by atoms with van der Waals surface area (Å²) in [5.41, 5.74) is 5.29. The first-order chi connectivity index (χ1) is 18.3. The minimum absolute atomic E-state index is 0.0415. The second kappa shape index (κ2) is 24.7. The van der Waals surface area contributed by atoms with Crippen LogP contribution in [0.5, 0.6) is 0 Å². The number of nitrogens with one attached hydrogen (secondary N) is 1. The van der Waals surface area contributed by atoms with Gasteiger partial charge in [-0.25, -0.2) is 4.57 Å². The third-order valence-corrected chi connectivity index (χ3v) is 6.83. The Morgan fingerprint density at radius 1 is 0.947 bits per heavy atom. The summed E-state index contributed by atoms with van der Waals surface area (Å²) in [6, 6.07) is -0.997. The minimum Gasteiger partial charge on any atom is -0.393 e. The fourth-order valence-corrected chi connectivity index (χ4v) is 4.44. The van der Waals surface area contributed by atoms with Gasteiger partial charge in [0.15, 0.2) is 0 Å². The summed E-state index contributed by atoms with van der Waals surface area (Å²) in [4.78, 5) is 22.3. The highest BCUT2D eigenvalue weighted by atomic mass is 31.2. The van der Waals surface area contributed by atoms with E-state index < -0.39 is 38.6 Å². The van der Waals surface area contributed by atoms with Crippen LogP contribution in [-0.2, 0) is 18.4 Å². The number of nitrogens with two attached hydrogens (primary N) is 1. The molecule has 0 heterocycles. The summed E-state index contributed by atoms with van der Waals surface area (Å²) in [5.74, 6) is -0.471. The van der Waals surface area contributed by atoms with Crippen LogP contribution < -0.4 is 11.1 Å². The molecule has 0 radical (unpaired) electrons. The number of phosphoric ester groups is 1. The number of hydrogen-bond donors (Lipinski definition) is 5. The largest absolute Gasteiger partial charge is 0.472 e. The first-order valence-electron chi connectivity index (χ1n) is 14.2. The van der Waals surface area contributed by atoms with Gasteiger partial charge in [0.2, 0.25) is 5.91 Å². The maximum atomic E-state index is 12.5. The van der Waals surface area contributed by atoms with Crippen molar-refractivity contribution in [1.29, 1.82) is 0 Å². The highest BCUT2D eigenvalue weighted by Crippen LogP contribution is 2.43. The molecule has 0 spiro atoms. The number of allylic oxidation sites excluding steroid dienone is 5. The molecule has 0 aliphatic heterocycles. The molecule has 0 fully saturated rings. The smallest absolute Gasteiger partial charge is 0.393 e. The van der Waals surface area contributed by atoms with Crippen molar-refractivity contribution in [2.24, 2.45) is 5.73 Å². The number of unbranched alkanes of at least 4 members (excludes halogenated alkanes) is 8. The van der Waals surface area contributed by atoms with E-state index in [1.165, 1.54) is 31.8 Å². The summed E-state index contributed by atoms with van der Waals surface area (Å²) in [5, 5.41) is 23.5. The van der Waals surface area contributed by atoms with E-state index in [4.69, 9.17) is 14.8 Å². The van der Waals surface area contributed by atoms with Gasteiger partial charge in [0, 0.05) is 6.54 Å². The molecule has 6 N–H and O–H groups in total. The zero-order valence-electron chi connectivity index (χ0n) is 23.5. The van der Waals surface area contributed by atoms with Gasteiger partial charge in [0.05, 0.1) is 37.9 Å². The van der Waals surface area contributed by atoms with Crippen molar-refractivity contribution in [3.63, 3.8) is 0 Å². The molecule has 4 atom stereocenters. The summed E-state index contributed by atoms with van der Waals surface area (Å²) < 4.78 is 21.7. The Morgan fingerprint density at radius 3 is 2.18 bits per heavy atom. The molecule has 0 saturated carbocycles. The molecule has 38 heavy (non-hydrogen) atoms. The third kappa shape index (κ3) is 22.6. The highest BCUT2D eigenvalue weighted by molar-refractivity contribution is 7.47. The number of hydrogen-bond acceptors (Lipinski definition) is 7. The monoisotopic (exact) mass is 560 g/mol. The Bertz CT molecular complexity index is 715. The Morgan fingerprint density at radius 2 is 1.55 bits per heavy atom. The van der Waals surface area contributed by atoms with E-state index in [1.807, 2.05) is 13.0 Å². The molecule has 9 nitrogen and oxygen atoms in total. The zero-order valence-corrected chi connectivity index (χ0v) is 24.4. The van der Waals surface area contributed by atoms with Crippen LogP contribution in [0.4, 0.5) is 0 Å². The Kier molecular flexibility index (Phi) is 23.8. The van der Waals surface area contributed by atoms with Gasteiger partial charge in [-0.05, 0) is 39.0 Å². The Balaban J connectivity index is 4.74. The van der Waals surface area contributed by atoms with Crippen LogP contribution in [0.15, 0.2) is 36.5 Å². The summed E-state index contributed by atoms with van der Waals surface area (Å²) in [7, 11) is -4.38. The molecule has 10 heteroatoms. The molecule has 0 aliphatic rings. The third-order valence-electron chi connectivity index (χ3n) is 5.85. The van der Waals surface area contributed by atoms with Gasteiger partial charge in [-0.2, -0.15) is 0 Å². The standard InChI is InChI=1S/C28H53N2O7P/c1-3-5-7-9-11-12-14-16-18-20-27(32)26(24-37-38(34,35)36-22-21-29)30-28(33)23-25(31)19-17-15-13-10-8-6-4-2/h3,5,11-12,18,20,25-27,31-32H,4,6-10,13-17,19,21-24,29H2,1-2H3,(H,30,33)(H,34,35)/b5-3+,12-11+,20-18+. The SMILES string of the molecule is C/C=C/CC/C=C/CC/C=C/C(O)C(COP(=O)(O)OCCN)NC(=O)CC(O)CCCCCCCCC. The molecular weight excluding hydrogens is 507 g/mol. The van der Waals surface area contributed by atoms with Crippen LogP contribution in [0, 0.1) is 0 Å². The van der Waals surface area contributed by atoms with Crippen molar-refractivity contribution in [3.05, 3.63) is 36.5 Å². The van der Waals surface area contributed by atoms with E-state index in [9.17, 15) is 24.5 Å². The normalized spacial score (nSPS) is 16.3. The number of aliphatic hydroxyl groups is 2. The van der Waals surface area contributed by atoms with E-state index in [2.05, 4.69) is 30.5 Å². The Labute approximate surface area is 230 Å². The van der Waals surface area contributed by atoms with Crippen molar-refractivity contribution >= 4 is 13.7 Å². The van der Waals surface area contributed by atoms with Gasteiger partial charge in [-0.3, -0.25) is 13.8 Å². The quantitative estimate of drug-likeness (QED) is 0.0590. The van der Waals surface area contributed by atoms with Crippen LogP contribution in [0.25, 0.3) is 0 Å². The summed E-state index contributed by atoms with van der Waals surface area (Å²) in [6.07, 6.45) is 21.4. The van der Waals surface area contributed by atoms with Crippen molar-refractivity contribution in [3.8, 4) is 0 Å². The number of amides is 1. The second-order valence-electron chi connectivity index (χ2n) is 9.44. The van der Waals surface area contributed by atoms with Crippen LogP contribution in [0.2, 0.25) is 0 Å². The molecule has 1 amide bonds. The van der Waals surface area contributed by atoms with Gasteiger partial charge >= 0.3 is 7.82 Å². The van der Waals surface area contributed by atoms with Crippen LogP contribution >= 0.6 is 7.82 Å². The molecule has 0 bridgehead atoms. The molecule has 0 rings (SSSR count). The van der Waals surface area contributed by atoms with E-state index in [0.717, 1.165) is 38.5 Å². The predicted molar refractivity (Wildman–Crippen MR) is 154 cm³/mol. The number of rotatable bonds is 25. The van der Waals surface area contributed by atoms with Crippen LogP contribution in [0.3, 0.4) is 0 Å². The molecule has 0 aliphatic carbocycles. The molecular formula is C28H53N2O7P. The van der Waals surface area contributed by atoms with Crippen molar-refractivity contribution in [1.82, 2.24) is 5.32 Å². The topological polar surface area (TPSA) is 151 Å².